The summed E-state index contributed by atoms with van der Waals surface area (Å²) in [5.41, 5.74) is 0. The molecule has 0 unspecified atom stereocenters. The molecule has 0 bridgehead atoms. The summed E-state index contributed by atoms with van der Waals surface area (Å²) in [7, 11) is 0. The van der Waals surface area contributed by atoms with Crippen molar-refractivity contribution >= 4 is 0 Å². The maximum absolute atomic E-state index is 10.4. The van der Waals surface area contributed by atoms with Gasteiger partial charge in [-0.05, 0) is 19.3 Å². The van der Waals surface area contributed by atoms with Crippen LogP contribution in [0.1, 0.15) is 225 Å². The van der Waals surface area contributed by atoms with Crippen LogP contribution in [0, 0.1) is 0 Å². The molecule has 0 aliphatic rings. The Labute approximate surface area is 254 Å². The molecular formula is C38H77O2. The Balaban J connectivity index is 3.01. The summed E-state index contributed by atoms with van der Waals surface area (Å²) in [5.74, 6) is 0. The van der Waals surface area contributed by atoms with Crippen LogP contribution in [0.25, 0.3) is 0 Å². The Hall–Kier alpha value is -0.0800. The zero-order chi connectivity index (χ0) is 28.9. The van der Waals surface area contributed by atoms with Crippen molar-refractivity contribution < 1.29 is 9.84 Å². The van der Waals surface area contributed by atoms with E-state index >= 15 is 0 Å². The van der Waals surface area contributed by atoms with Gasteiger partial charge in [-0.1, -0.05) is 206 Å². The lowest BCUT2D eigenvalue weighted by Gasteiger charge is -2.06. The number of hydrogen-bond donors (Lipinski definition) is 0. The third-order valence-corrected chi connectivity index (χ3v) is 8.83. The molecule has 0 aliphatic carbocycles. The smallest absolute Gasteiger partial charge is 0.0822 e. The van der Waals surface area contributed by atoms with Crippen LogP contribution in [-0.2, 0) is 9.84 Å². The van der Waals surface area contributed by atoms with Crippen molar-refractivity contribution in [2.24, 2.45) is 0 Å². The van der Waals surface area contributed by atoms with Crippen LogP contribution in [0.15, 0.2) is 0 Å². The highest BCUT2D eigenvalue weighted by Gasteiger charge is 1.97. The molecular weight excluding hydrogens is 488 g/mol. The van der Waals surface area contributed by atoms with E-state index in [-0.39, 0.29) is 6.61 Å². The van der Waals surface area contributed by atoms with E-state index < -0.39 is 0 Å². The second-order valence-electron chi connectivity index (χ2n) is 13.0. The largest absolute Gasteiger partial charge is 0.381 e. The Kier molecular flexibility index (Phi) is 38.8. The molecule has 0 aromatic carbocycles. The Bertz CT molecular complexity index is 372. The topological polar surface area (TPSA) is 29.1 Å². The molecule has 0 N–H and O–H groups in total. The van der Waals surface area contributed by atoms with Crippen LogP contribution in [0.2, 0.25) is 0 Å². The first-order valence-corrected chi connectivity index (χ1v) is 19.1. The van der Waals surface area contributed by atoms with Crippen molar-refractivity contribution in [2.45, 2.75) is 225 Å². The lowest BCUT2D eigenvalue weighted by Crippen LogP contribution is -1.97. The predicted molar refractivity (Wildman–Crippen MR) is 179 cm³/mol. The molecule has 0 rings (SSSR count). The van der Waals surface area contributed by atoms with Gasteiger partial charge in [-0.2, -0.15) is 0 Å². The van der Waals surface area contributed by atoms with Crippen LogP contribution < -0.4 is 0 Å². The van der Waals surface area contributed by atoms with Crippen LogP contribution in [0.4, 0.5) is 0 Å². The average Bonchev–Trinajstić information content (AvgIpc) is 2.97. The van der Waals surface area contributed by atoms with Gasteiger partial charge in [0.2, 0.25) is 0 Å². The quantitative estimate of drug-likeness (QED) is 0.0689. The monoisotopic (exact) mass is 566 g/mol. The highest BCUT2D eigenvalue weighted by Crippen LogP contribution is 2.15. The lowest BCUT2D eigenvalue weighted by molar-refractivity contribution is 0.125. The van der Waals surface area contributed by atoms with Gasteiger partial charge < -0.3 is 4.74 Å². The lowest BCUT2D eigenvalue weighted by atomic mass is 10.0. The maximum atomic E-state index is 10.4. The molecule has 0 spiro atoms. The Morgan fingerprint density at radius 1 is 0.275 bits per heavy atom. The van der Waals surface area contributed by atoms with Crippen molar-refractivity contribution in [1.82, 2.24) is 0 Å². The molecule has 241 valence electrons. The highest BCUT2D eigenvalue weighted by atomic mass is 16.5. The van der Waals surface area contributed by atoms with Gasteiger partial charge in [-0.3, -0.25) is 0 Å². The summed E-state index contributed by atoms with van der Waals surface area (Å²) in [6.45, 7) is 4.40. The summed E-state index contributed by atoms with van der Waals surface area (Å²) >= 11 is 0. The van der Waals surface area contributed by atoms with E-state index in [1.807, 2.05) is 0 Å². The van der Waals surface area contributed by atoms with Gasteiger partial charge >= 0.3 is 0 Å². The van der Waals surface area contributed by atoms with E-state index in [0.29, 0.717) is 0 Å². The summed E-state index contributed by atoms with van der Waals surface area (Å²) in [6, 6.07) is 0. The fraction of sp³-hybridized carbons (Fsp3) is 1.00. The molecule has 0 aromatic rings. The number of ether oxygens (including phenoxy) is 1. The van der Waals surface area contributed by atoms with Crippen LogP contribution >= 0.6 is 0 Å². The Morgan fingerprint density at radius 2 is 0.475 bits per heavy atom. The maximum Gasteiger partial charge on any atom is 0.0822 e. The average molecular weight is 566 g/mol. The minimum atomic E-state index is 0.120. The van der Waals surface area contributed by atoms with Crippen molar-refractivity contribution in [1.29, 1.82) is 0 Å². The molecule has 0 aromatic heterocycles. The van der Waals surface area contributed by atoms with Gasteiger partial charge in [-0.25, -0.2) is 5.11 Å². The third-order valence-electron chi connectivity index (χ3n) is 8.83. The second-order valence-corrected chi connectivity index (χ2v) is 13.0. The van der Waals surface area contributed by atoms with Gasteiger partial charge in [0.1, 0.15) is 0 Å². The fourth-order valence-corrected chi connectivity index (χ4v) is 5.99. The molecule has 0 amide bonds. The van der Waals surface area contributed by atoms with Gasteiger partial charge in [-0.15, -0.1) is 0 Å². The van der Waals surface area contributed by atoms with Gasteiger partial charge in [0.05, 0.1) is 6.61 Å². The normalized spacial score (nSPS) is 11.6. The first kappa shape index (κ1) is 39.9. The van der Waals surface area contributed by atoms with Gasteiger partial charge in [0.25, 0.3) is 0 Å². The summed E-state index contributed by atoms with van der Waals surface area (Å²) in [6.07, 6.45) is 47.3. The number of unbranched alkanes of at least 4 members (excludes halogenated alkanes) is 32. The van der Waals surface area contributed by atoms with Crippen molar-refractivity contribution in [2.75, 3.05) is 19.8 Å². The SMILES string of the molecule is CCCCCCCCCCCCCCCCCCOCCCCCCCCCCCCCCCCCCCC[O]. The van der Waals surface area contributed by atoms with Gasteiger partial charge in [0, 0.05) is 13.2 Å². The minimum absolute atomic E-state index is 0.120. The molecule has 40 heavy (non-hydrogen) atoms. The highest BCUT2D eigenvalue weighted by molar-refractivity contribution is 4.52. The number of hydrogen-bond acceptors (Lipinski definition) is 1. The first-order chi connectivity index (χ1) is 19.9. The van der Waals surface area contributed by atoms with E-state index in [9.17, 15) is 5.11 Å². The number of rotatable bonds is 37. The van der Waals surface area contributed by atoms with E-state index in [1.165, 1.54) is 205 Å². The molecule has 1 radical (unpaired) electrons. The molecule has 2 heteroatoms. The Morgan fingerprint density at radius 3 is 0.700 bits per heavy atom. The second kappa shape index (κ2) is 38.9. The van der Waals surface area contributed by atoms with Crippen molar-refractivity contribution in [3.8, 4) is 0 Å². The summed E-state index contributed by atoms with van der Waals surface area (Å²) < 4.78 is 5.88. The molecule has 0 atom stereocenters. The predicted octanol–water partition coefficient (Wildman–Crippen LogP) is 13.7. The molecule has 0 aliphatic heterocycles. The zero-order valence-corrected chi connectivity index (χ0v) is 28.0. The van der Waals surface area contributed by atoms with E-state index in [2.05, 4.69) is 6.92 Å². The van der Waals surface area contributed by atoms with E-state index in [4.69, 9.17) is 4.74 Å². The van der Waals surface area contributed by atoms with Crippen molar-refractivity contribution in [3.05, 3.63) is 0 Å². The summed E-state index contributed by atoms with van der Waals surface area (Å²) in [4.78, 5) is 0. The van der Waals surface area contributed by atoms with E-state index in [1.54, 1.807) is 0 Å². The zero-order valence-electron chi connectivity index (χ0n) is 28.0. The third kappa shape index (κ3) is 37.9. The fourth-order valence-electron chi connectivity index (χ4n) is 5.99. The molecule has 0 heterocycles. The van der Waals surface area contributed by atoms with Crippen LogP contribution in [0.5, 0.6) is 0 Å². The van der Waals surface area contributed by atoms with Crippen LogP contribution in [-0.4, -0.2) is 19.8 Å². The molecule has 0 fully saturated rings. The summed E-state index contributed by atoms with van der Waals surface area (Å²) in [5, 5.41) is 10.4. The molecule has 2 nitrogen and oxygen atoms in total. The van der Waals surface area contributed by atoms with Crippen molar-refractivity contribution in [3.63, 3.8) is 0 Å². The molecule has 0 saturated heterocycles. The first-order valence-electron chi connectivity index (χ1n) is 19.1. The standard InChI is InChI=1S/C38H77O2/c1-2-3-4-5-6-7-8-9-10-16-19-22-25-28-31-34-37-40-38-35-32-29-26-23-20-17-14-12-11-13-15-18-21-24-27-30-33-36-39/h2-38H2,1H3. The van der Waals surface area contributed by atoms with Crippen LogP contribution in [0.3, 0.4) is 0 Å². The molecule has 0 saturated carbocycles. The van der Waals surface area contributed by atoms with Gasteiger partial charge in [0.15, 0.2) is 0 Å². The minimum Gasteiger partial charge on any atom is -0.381 e. The van der Waals surface area contributed by atoms with E-state index in [0.717, 1.165) is 26.1 Å².